The Bertz CT molecular complexity index is 723. The first-order chi connectivity index (χ1) is 10.8. The number of aliphatic hydroxyl groups is 2. The van der Waals surface area contributed by atoms with Crippen LogP contribution in [0, 0.1) is 0 Å². The average Bonchev–Trinajstić information content (AvgIpc) is 2.83. The van der Waals surface area contributed by atoms with Gasteiger partial charge >= 0.3 is 0 Å². The van der Waals surface area contributed by atoms with Crippen LogP contribution in [0.2, 0.25) is 0 Å². The fraction of sp³-hybridized carbons (Fsp3) is 0.400. The van der Waals surface area contributed by atoms with E-state index >= 15 is 0 Å². The molecule has 4 N–H and O–H groups in total. The molecule has 0 aliphatic rings. The van der Waals surface area contributed by atoms with Gasteiger partial charge in [-0.3, -0.25) is 14.3 Å². The highest BCUT2D eigenvalue weighted by atomic mass is 16.5. The van der Waals surface area contributed by atoms with Gasteiger partial charge in [-0.25, -0.2) is 0 Å². The van der Waals surface area contributed by atoms with Gasteiger partial charge in [0.05, 0.1) is 12.1 Å². The fourth-order valence-electron chi connectivity index (χ4n) is 2.43. The van der Waals surface area contributed by atoms with Crippen LogP contribution >= 0.6 is 0 Å². The van der Waals surface area contributed by atoms with Gasteiger partial charge in [0.15, 0.2) is 12.0 Å². The zero-order chi connectivity index (χ0) is 17.1. The summed E-state index contributed by atoms with van der Waals surface area (Å²) in [4.78, 5) is 25.3. The molecule has 23 heavy (non-hydrogen) atoms. The van der Waals surface area contributed by atoms with E-state index in [1.165, 1.54) is 9.58 Å². The van der Waals surface area contributed by atoms with Crippen LogP contribution in [0.1, 0.15) is 24.3 Å². The number of aromatic nitrogens is 2. The number of fused-ring (bicyclic) bond motifs is 1. The lowest BCUT2D eigenvalue weighted by Gasteiger charge is -2.27. The largest absolute Gasteiger partial charge is 0.367 e. The van der Waals surface area contributed by atoms with E-state index in [0.717, 1.165) is 0 Å². The molecule has 0 aliphatic carbocycles. The van der Waals surface area contributed by atoms with Gasteiger partial charge in [0, 0.05) is 11.4 Å². The van der Waals surface area contributed by atoms with Crippen molar-refractivity contribution >= 4 is 22.7 Å². The van der Waals surface area contributed by atoms with Gasteiger partial charge in [-0.15, -0.1) is 0 Å². The first kappa shape index (κ1) is 16.9. The Balaban J connectivity index is 2.34. The molecule has 1 aromatic carbocycles. The molecule has 1 heterocycles. The lowest BCUT2D eigenvalue weighted by molar-refractivity contribution is -0.140. The topological polar surface area (TPSA) is 122 Å². The summed E-state index contributed by atoms with van der Waals surface area (Å²) in [6, 6.07) is 6.77. The van der Waals surface area contributed by atoms with Gasteiger partial charge in [0.25, 0.3) is 5.91 Å². The third-order valence-electron chi connectivity index (χ3n) is 3.48. The molecule has 0 saturated heterocycles. The van der Waals surface area contributed by atoms with Gasteiger partial charge in [-0.05, 0) is 19.9 Å². The number of benzene rings is 1. The number of amides is 2. The molecule has 0 atom stereocenters. The average molecular weight is 320 g/mol. The molecule has 0 spiro atoms. The third-order valence-corrected chi connectivity index (χ3v) is 3.48. The fourth-order valence-corrected chi connectivity index (χ4v) is 2.43. The second-order valence-electron chi connectivity index (χ2n) is 5.51. The maximum atomic E-state index is 12.4. The molecule has 0 bridgehead atoms. The number of hydrogen-bond acceptors (Lipinski definition) is 5. The molecule has 2 amide bonds. The van der Waals surface area contributed by atoms with Gasteiger partial charge in [-0.1, -0.05) is 18.2 Å². The smallest absolute Gasteiger partial charge is 0.269 e. The first-order valence-electron chi connectivity index (χ1n) is 7.22. The zero-order valence-electron chi connectivity index (χ0n) is 13.0. The number of primary amides is 1. The van der Waals surface area contributed by atoms with Crippen molar-refractivity contribution < 1.29 is 19.8 Å². The van der Waals surface area contributed by atoms with Crippen LogP contribution in [-0.2, 0) is 11.3 Å². The molecular formula is C15H20N4O4. The molecule has 0 unspecified atom stereocenters. The van der Waals surface area contributed by atoms with Crippen LogP contribution in [0.4, 0.5) is 0 Å². The van der Waals surface area contributed by atoms with Crippen LogP contribution in [0.15, 0.2) is 24.3 Å². The number of rotatable bonds is 6. The Morgan fingerprint density at radius 1 is 1.30 bits per heavy atom. The lowest BCUT2D eigenvalue weighted by atomic mass is 10.2. The Labute approximate surface area is 133 Å². The maximum Gasteiger partial charge on any atom is 0.269 e. The molecule has 0 aliphatic heterocycles. The second kappa shape index (κ2) is 6.76. The normalized spacial score (nSPS) is 11.4. The van der Waals surface area contributed by atoms with Crippen LogP contribution < -0.4 is 5.73 Å². The minimum atomic E-state index is -1.61. The SMILES string of the molecule is CC(C)N(CC(O)O)C(=O)Cn1nc(C(N)=O)c2ccccc21. The zero-order valence-corrected chi connectivity index (χ0v) is 13.0. The summed E-state index contributed by atoms with van der Waals surface area (Å²) in [6.07, 6.45) is -1.61. The first-order valence-corrected chi connectivity index (χ1v) is 7.22. The van der Waals surface area contributed by atoms with E-state index < -0.39 is 12.2 Å². The van der Waals surface area contributed by atoms with Crippen molar-refractivity contribution in [3.63, 3.8) is 0 Å². The molecule has 1 aromatic heterocycles. The quantitative estimate of drug-likeness (QED) is 0.630. The number of aliphatic hydroxyl groups excluding tert-OH is 1. The molecule has 8 heteroatoms. The van der Waals surface area contributed by atoms with E-state index in [0.29, 0.717) is 10.9 Å². The molecule has 0 saturated carbocycles. The molecule has 0 radical (unpaired) electrons. The van der Waals surface area contributed by atoms with Crippen LogP contribution in [-0.4, -0.2) is 55.6 Å². The van der Waals surface area contributed by atoms with Crippen molar-refractivity contribution in [3.05, 3.63) is 30.0 Å². The third kappa shape index (κ3) is 3.66. The van der Waals surface area contributed by atoms with Crippen LogP contribution in [0.25, 0.3) is 10.9 Å². The number of hydrogen-bond donors (Lipinski definition) is 3. The Kier molecular flexibility index (Phi) is 4.97. The van der Waals surface area contributed by atoms with Gasteiger partial charge < -0.3 is 20.8 Å². The van der Waals surface area contributed by atoms with Gasteiger partial charge in [-0.2, -0.15) is 5.10 Å². The number of carbonyl (C=O) groups excluding carboxylic acids is 2. The van der Waals surface area contributed by atoms with E-state index in [4.69, 9.17) is 15.9 Å². The van der Waals surface area contributed by atoms with Gasteiger partial charge in [0.1, 0.15) is 6.54 Å². The summed E-state index contributed by atoms with van der Waals surface area (Å²) in [5.74, 6) is -1.00. The van der Waals surface area contributed by atoms with Crippen molar-refractivity contribution in [2.45, 2.75) is 32.7 Å². The monoisotopic (exact) mass is 320 g/mol. The molecule has 8 nitrogen and oxygen atoms in total. The summed E-state index contributed by atoms with van der Waals surface area (Å²) in [6.45, 7) is 3.23. The lowest BCUT2D eigenvalue weighted by Crippen LogP contribution is -2.43. The van der Waals surface area contributed by atoms with Crippen LogP contribution in [0.3, 0.4) is 0 Å². The molecule has 2 aromatic rings. The minimum Gasteiger partial charge on any atom is -0.367 e. The number of nitrogens with two attached hydrogens (primary N) is 1. The van der Waals surface area contributed by atoms with Crippen molar-refractivity contribution in [2.24, 2.45) is 5.73 Å². The Morgan fingerprint density at radius 2 is 1.96 bits per heavy atom. The van der Waals surface area contributed by atoms with Crippen molar-refractivity contribution in [1.82, 2.24) is 14.7 Å². The van der Waals surface area contributed by atoms with Gasteiger partial charge in [0.2, 0.25) is 5.91 Å². The molecule has 2 rings (SSSR count). The van der Waals surface area contributed by atoms with Crippen molar-refractivity contribution in [3.8, 4) is 0 Å². The molecular weight excluding hydrogens is 300 g/mol. The predicted octanol–water partition coefficient (Wildman–Crippen LogP) is -0.317. The highest BCUT2D eigenvalue weighted by Crippen LogP contribution is 2.18. The van der Waals surface area contributed by atoms with E-state index in [2.05, 4.69) is 5.10 Å². The summed E-state index contributed by atoms with van der Waals surface area (Å²) in [5.41, 5.74) is 6.04. The maximum absolute atomic E-state index is 12.4. The summed E-state index contributed by atoms with van der Waals surface area (Å²) < 4.78 is 1.40. The number of nitrogens with zero attached hydrogens (tertiary/aromatic N) is 3. The highest BCUT2D eigenvalue weighted by Gasteiger charge is 2.22. The minimum absolute atomic E-state index is 0.103. The van der Waals surface area contributed by atoms with E-state index in [1.807, 2.05) is 0 Å². The van der Waals surface area contributed by atoms with Crippen molar-refractivity contribution in [1.29, 1.82) is 0 Å². The van der Waals surface area contributed by atoms with E-state index in [-0.39, 0.29) is 30.7 Å². The summed E-state index contributed by atoms with van der Waals surface area (Å²) in [7, 11) is 0. The number of carbonyl (C=O) groups is 2. The summed E-state index contributed by atoms with van der Waals surface area (Å²) >= 11 is 0. The Morgan fingerprint density at radius 3 is 2.52 bits per heavy atom. The summed E-state index contributed by atoms with van der Waals surface area (Å²) in [5, 5.41) is 22.9. The van der Waals surface area contributed by atoms with Crippen LogP contribution in [0.5, 0.6) is 0 Å². The molecule has 0 fully saturated rings. The predicted molar refractivity (Wildman–Crippen MR) is 83.3 cm³/mol. The number of para-hydroxylation sites is 1. The van der Waals surface area contributed by atoms with E-state index in [1.54, 1.807) is 38.1 Å². The second-order valence-corrected chi connectivity index (χ2v) is 5.51. The highest BCUT2D eigenvalue weighted by molar-refractivity contribution is 6.04. The standard InChI is InChI=1S/C15H20N4O4/c1-9(2)18(8-13(21)22)12(20)7-19-11-6-4-3-5-10(11)14(17-19)15(16)23/h3-6,9,13,21-22H,7-8H2,1-2H3,(H2,16,23). The molecule has 124 valence electrons. The van der Waals surface area contributed by atoms with Crippen molar-refractivity contribution in [2.75, 3.05) is 6.54 Å². The Hall–Kier alpha value is -2.45. The van der Waals surface area contributed by atoms with E-state index in [9.17, 15) is 9.59 Å².